The molecule has 20 heavy (non-hydrogen) atoms. The number of sulfonamides is 1. The molecule has 10 heteroatoms. The summed E-state index contributed by atoms with van der Waals surface area (Å²) >= 11 is 2.96. The van der Waals surface area contributed by atoms with Crippen LogP contribution in [0.2, 0.25) is 0 Å². The van der Waals surface area contributed by atoms with E-state index < -0.39 is 22.7 Å². The highest BCUT2D eigenvalue weighted by Crippen LogP contribution is 2.22. The van der Waals surface area contributed by atoms with Gasteiger partial charge in [-0.15, -0.1) is 0 Å². The highest BCUT2D eigenvalue weighted by atomic mass is 79.9. The Balaban J connectivity index is 3.15. The fraction of sp³-hybridized carbons (Fsp3) is 0.700. The van der Waals surface area contributed by atoms with E-state index in [0.717, 1.165) is 0 Å². The molecule has 0 aromatic carbocycles. The van der Waals surface area contributed by atoms with Gasteiger partial charge in [-0.05, 0) is 13.8 Å². The third-order valence-electron chi connectivity index (χ3n) is 2.59. The molecule has 0 N–H and O–H groups in total. The van der Waals surface area contributed by atoms with Gasteiger partial charge in [0, 0.05) is 24.6 Å². The Bertz CT molecular complexity index is 557. The Labute approximate surface area is 124 Å². The molecule has 0 amide bonds. The highest BCUT2D eigenvalue weighted by Gasteiger charge is 2.37. The van der Waals surface area contributed by atoms with E-state index in [-0.39, 0.29) is 16.9 Å². The first-order chi connectivity index (χ1) is 9.11. The van der Waals surface area contributed by atoms with E-state index in [9.17, 15) is 21.6 Å². The Kier molecular flexibility index (Phi) is 5.61. The summed E-state index contributed by atoms with van der Waals surface area (Å²) in [6.45, 7) is 2.07. The number of rotatable bonds is 6. The lowest BCUT2D eigenvalue weighted by Crippen LogP contribution is -2.40. The van der Waals surface area contributed by atoms with Crippen LogP contribution in [0, 0.1) is 6.92 Å². The number of hydrogen-bond acceptors (Lipinski definition) is 3. The number of alkyl halides is 4. The molecule has 5 nitrogen and oxygen atoms in total. The van der Waals surface area contributed by atoms with Gasteiger partial charge in [0.15, 0.2) is 5.03 Å². The average molecular weight is 378 g/mol. The third kappa shape index (κ3) is 4.19. The zero-order valence-electron chi connectivity index (χ0n) is 11.0. The van der Waals surface area contributed by atoms with Gasteiger partial charge >= 0.3 is 6.18 Å². The summed E-state index contributed by atoms with van der Waals surface area (Å²) in [6, 6.07) is 0. The van der Waals surface area contributed by atoms with Gasteiger partial charge in [-0.25, -0.2) is 13.4 Å². The lowest BCUT2D eigenvalue weighted by molar-refractivity contribution is -0.135. The monoisotopic (exact) mass is 377 g/mol. The van der Waals surface area contributed by atoms with Crippen LogP contribution in [0.3, 0.4) is 0 Å². The lowest BCUT2D eigenvalue weighted by atomic mass is 10.6. The highest BCUT2D eigenvalue weighted by molar-refractivity contribution is 9.09. The van der Waals surface area contributed by atoms with Gasteiger partial charge in [0.25, 0.3) is 10.0 Å². The van der Waals surface area contributed by atoms with E-state index in [2.05, 4.69) is 20.9 Å². The fourth-order valence-corrected chi connectivity index (χ4v) is 3.72. The van der Waals surface area contributed by atoms with E-state index in [1.807, 2.05) is 0 Å². The number of hydrogen-bond donors (Lipinski definition) is 0. The van der Waals surface area contributed by atoms with Crippen molar-refractivity contribution >= 4 is 26.0 Å². The van der Waals surface area contributed by atoms with Crippen LogP contribution in [0.5, 0.6) is 0 Å². The SMILES string of the molecule is CCn1cc(S(=O)(=O)N(CCBr)CC(F)(F)F)nc1C. The number of aryl methyl sites for hydroxylation is 2. The van der Waals surface area contributed by atoms with E-state index in [0.29, 0.717) is 16.7 Å². The van der Waals surface area contributed by atoms with E-state index in [4.69, 9.17) is 0 Å². The Morgan fingerprint density at radius 1 is 1.45 bits per heavy atom. The molecule has 1 aromatic rings. The predicted molar refractivity (Wildman–Crippen MR) is 71.2 cm³/mol. The van der Waals surface area contributed by atoms with Crippen molar-refractivity contribution in [3.63, 3.8) is 0 Å². The molecule has 1 heterocycles. The molecular weight excluding hydrogens is 363 g/mol. The number of aromatic nitrogens is 2. The van der Waals surface area contributed by atoms with Crippen molar-refractivity contribution < 1.29 is 21.6 Å². The molecule has 0 spiro atoms. The maximum atomic E-state index is 12.5. The molecule has 0 bridgehead atoms. The summed E-state index contributed by atoms with van der Waals surface area (Å²) in [5.41, 5.74) is 0. The molecule has 0 aliphatic heterocycles. The van der Waals surface area contributed by atoms with Crippen molar-refractivity contribution in [3.05, 3.63) is 12.0 Å². The molecule has 1 rings (SSSR count). The molecule has 0 radical (unpaired) electrons. The molecule has 0 saturated heterocycles. The topological polar surface area (TPSA) is 55.2 Å². The minimum absolute atomic E-state index is 0.107. The smallest absolute Gasteiger partial charge is 0.334 e. The van der Waals surface area contributed by atoms with Crippen LogP contribution in [0.15, 0.2) is 11.2 Å². The number of halogens is 4. The van der Waals surface area contributed by atoms with Gasteiger partial charge in [-0.1, -0.05) is 15.9 Å². The molecule has 0 aliphatic rings. The number of imidazole rings is 1. The zero-order valence-corrected chi connectivity index (χ0v) is 13.4. The second-order valence-electron chi connectivity index (χ2n) is 4.06. The van der Waals surface area contributed by atoms with Crippen molar-refractivity contribution in [2.75, 3.05) is 18.4 Å². The van der Waals surface area contributed by atoms with E-state index in [1.54, 1.807) is 18.4 Å². The van der Waals surface area contributed by atoms with Gasteiger partial charge in [-0.2, -0.15) is 17.5 Å². The standard InChI is InChI=1S/C10H15BrF3N3O2S/c1-3-16-6-9(15-8(16)2)20(18,19)17(5-4-11)7-10(12,13)14/h6H,3-5,7H2,1-2H3. The molecule has 1 aromatic heterocycles. The molecule has 0 unspecified atom stereocenters. The minimum atomic E-state index is -4.60. The summed E-state index contributed by atoms with van der Waals surface area (Å²) in [5, 5.41) is -0.252. The van der Waals surface area contributed by atoms with Crippen LogP contribution >= 0.6 is 15.9 Å². The van der Waals surface area contributed by atoms with Crippen LogP contribution in [0.4, 0.5) is 13.2 Å². The molecule has 0 fully saturated rings. The molecule has 0 saturated carbocycles. The second kappa shape index (κ2) is 6.44. The molecule has 116 valence electrons. The van der Waals surface area contributed by atoms with Gasteiger partial charge in [0.05, 0.1) is 0 Å². The third-order valence-corrected chi connectivity index (χ3v) is 4.66. The maximum absolute atomic E-state index is 12.5. The first-order valence-corrected chi connectivity index (χ1v) is 8.34. The summed E-state index contributed by atoms with van der Waals surface area (Å²) in [5.74, 6) is 0.442. The van der Waals surface area contributed by atoms with E-state index in [1.165, 1.54) is 6.20 Å². The van der Waals surface area contributed by atoms with Gasteiger partial charge < -0.3 is 4.57 Å². The minimum Gasteiger partial charge on any atom is -0.334 e. The summed E-state index contributed by atoms with van der Waals surface area (Å²) in [6.07, 6.45) is -3.35. The van der Waals surface area contributed by atoms with Crippen LogP contribution < -0.4 is 0 Å². The summed E-state index contributed by atoms with van der Waals surface area (Å²) in [4.78, 5) is 3.84. The molecule has 0 aliphatic carbocycles. The number of nitrogens with zero attached hydrogens (tertiary/aromatic N) is 3. The normalized spacial score (nSPS) is 13.2. The Morgan fingerprint density at radius 3 is 2.45 bits per heavy atom. The Morgan fingerprint density at radius 2 is 2.05 bits per heavy atom. The van der Waals surface area contributed by atoms with Crippen molar-refractivity contribution in [3.8, 4) is 0 Å². The summed E-state index contributed by atoms with van der Waals surface area (Å²) in [7, 11) is -4.26. The second-order valence-corrected chi connectivity index (χ2v) is 6.73. The largest absolute Gasteiger partial charge is 0.402 e. The van der Waals surface area contributed by atoms with Crippen molar-refractivity contribution in [1.29, 1.82) is 0 Å². The molecule has 0 atom stereocenters. The lowest BCUT2D eigenvalue weighted by Gasteiger charge is -2.21. The average Bonchev–Trinajstić information content (AvgIpc) is 2.69. The quantitative estimate of drug-likeness (QED) is 0.713. The van der Waals surface area contributed by atoms with Crippen molar-refractivity contribution in [2.24, 2.45) is 0 Å². The summed E-state index contributed by atoms with van der Waals surface area (Å²) < 4.78 is 63.8. The first kappa shape index (κ1) is 17.4. The van der Waals surface area contributed by atoms with E-state index >= 15 is 0 Å². The van der Waals surface area contributed by atoms with Crippen molar-refractivity contribution in [2.45, 2.75) is 31.6 Å². The van der Waals surface area contributed by atoms with Crippen LogP contribution in [0.1, 0.15) is 12.7 Å². The van der Waals surface area contributed by atoms with Gasteiger partial charge in [0.2, 0.25) is 0 Å². The Hall–Kier alpha value is -0.610. The van der Waals surface area contributed by atoms with Crippen LogP contribution in [-0.2, 0) is 16.6 Å². The predicted octanol–water partition coefficient (Wildman–Crippen LogP) is 2.16. The van der Waals surface area contributed by atoms with Crippen molar-refractivity contribution in [1.82, 2.24) is 13.9 Å². The van der Waals surface area contributed by atoms with Gasteiger partial charge in [0.1, 0.15) is 12.4 Å². The fourth-order valence-electron chi connectivity index (χ4n) is 1.63. The van der Waals surface area contributed by atoms with Gasteiger partial charge in [-0.3, -0.25) is 0 Å². The maximum Gasteiger partial charge on any atom is 0.402 e. The molecular formula is C10H15BrF3N3O2S. The first-order valence-electron chi connectivity index (χ1n) is 5.78. The zero-order chi connectivity index (χ0) is 15.6. The van der Waals surface area contributed by atoms with Crippen LogP contribution in [0.25, 0.3) is 0 Å². The van der Waals surface area contributed by atoms with Crippen LogP contribution in [-0.4, -0.2) is 46.9 Å².